The molecule has 0 spiro atoms. The first-order valence-electron chi connectivity index (χ1n) is 3.70. The van der Waals surface area contributed by atoms with Gasteiger partial charge in [-0.3, -0.25) is 0 Å². The highest BCUT2D eigenvalue weighted by atomic mass is 32.2. The standard InChI is InChI=1S/C7H15NS2/c1-5(8)7-6(2)9-3-4-10-7/h5-7H,3-4,8H2,1-2H3/t5-,6?,7?/m1/s1. The molecule has 3 heteroatoms. The van der Waals surface area contributed by atoms with Crippen LogP contribution in [0.1, 0.15) is 13.8 Å². The van der Waals surface area contributed by atoms with Crippen LogP contribution in [-0.2, 0) is 0 Å². The molecule has 0 amide bonds. The molecule has 0 aromatic carbocycles. The van der Waals surface area contributed by atoms with Crippen molar-refractivity contribution < 1.29 is 0 Å². The smallest absolute Gasteiger partial charge is 0.0312 e. The summed E-state index contributed by atoms with van der Waals surface area (Å²) in [6.07, 6.45) is 0. The molecule has 2 N–H and O–H groups in total. The lowest BCUT2D eigenvalue weighted by atomic mass is 10.2. The highest BCUT2D eigenvalue weighted by molar-refractivity contribution is 8.07. The first-order valence-corrected chi connectivity index (χ1v) is 5.80. The van der Waals surface area contributed by atoms with Gasteiger partial charge in [0.25, 0.3) is 0 Å². The van der Waals surface area contributed by atoms with Crippen molar-refractivity contribution in [3.05, 3.63) is 0 Å². The van der Waals surface area contributed by atoms with Gasteiger partial charge in [0, 0.05) is 28.0 Å². The lowest BCUT2D eigenvalue weighted by molar-refractivity contribution is 0.678. The molecule has 1 saturated heterocycles. The van der Waals surface area contributed by atoms with Crippen LogP contribution in [0.5, 0.6) is 0 Å². The second-order valence-corrected chi connectivity index (χ2v) is 5.54. The van der Waals surface area contributed by atoms with E-state index in [9.17, 15) is 0 Å². The van der Waals surface area contributed by atoms with Gasteiger partial charge in [0.15, 0.2) is 0 Å². The van der Waals surface area contributed by atoms with Crippen molar-refractivity contribution in [1.29, 1.82) is 0 Å². The lowest BCUT2D eigenvalue weighted by Crippen LogP contribution is -2.38. The van der Waals surface area contributed by atoms with Crippen LogP contribution in [0.15, 0.2) is 0 Å². The summed E-state index contributed by atoms with van der Waals surface area (Å²) in [6, 6.07) is 0.354. The third kappa shape index (κ3) is 2.07. The number of hydrogen-bond acceptors (Lipinski definition) is 3. The molecule has 1 nitrogen and oxygen atoms in total. The molecule has 60 valence electrons. The van der Waals surface area contributed by atoms with E-state index in [1.807, 2.05) is 11.8 Å². The maximum atomic E-state index is 5.82. The van der Waals surface area contributed by atoms with E-state index in [1.165, 1.54) is 11.5 Å². The van der Waals surface area contributed by atoms with Crippen molar-refractivity contribution >= 4 is 23.5 Å². The Kier molecular flexibility index (Phi) is 3.40. The summed E-state index contributed by atoms with van der Waals surface area (Å²) in [4.78, 5) is 0. The molecule has 0 aliphatic carbocycles. The minimum Gasteiger partial charge on any atom is -0.327 e. The van der Waals surface area contributed by atoms with Gasteiger partial charge in [-0.1, -0.05) is 6.92 Å². The van der Waals surface area contributed by atoms with E-state index in [0.29, 0.717) is 11.3 Å². The second kappa shape index (κ2) is 3.88. The Labute approximate surface area is 71.5 Å². The Morgan fingerprint density at radius 3 is 2.40 bits per heavy atom. The summed E-state index contributed by atoms with van der Waals surface area (Å²) in [6.45, 7) is 4.39. The highest BCUT2D eigenvalue weighted by Crippen LogP contribution is 2.32. The van der Waals surface area contributed by atoms with Gasteiger partial charge in [0.1, 0.15) is 0 Å². The summed E-state index contributed by atoms with van der Waals surface area (Å²) in [5.41, 5.74) is 5.82. The van der Waals surface area contributed by atoms with Crippen molar-refractivity contribution in [3.8, 4) is 0 Å². The van der Waals surface area contributed by atoms with Gasteiger partial charge in [-0.15, -0.1) is 0 Å². The average Bonchev–Trinajstić information content (AvgIpc) is 1.88. The van der Waals surface area contributed by atoms with E-state index < -0.39 is 0 Å². The van der Waals surface area contributed by atoms with Crippen molar-refractivity contribution in [2.45, 2.75) is 30.4 Å². The fraction of sp³-hybridized carbons (Fsp3) is 1.00. The highest BCUT2D eigenvalue weighted by Gasteiger charge is 2.24. The second-order valence-electron chi connectivity index (χ2n) is 2.77. The fourth-order valence-corrected chi connectivity index (χ4v) is 4.13. The zero-order valence-corrected chi connectivity index (χ0v) is 8.17. The first-order chi connectivity index (χ1) is 4.72. The third-order valence-corrected chi connectivity index (χ3v) is 5.11. The van der Waals surface area contributed by atoms with E-state index in [1.54, 1.807) is 0 Å². The van der Waals surface area contributed by atoms with Crippen LogP contribution in [0.3, 0.4) is 0 Å². The molecule has 1 rings (SSSR count). The third-order valence-electron chi connectivity index (χ3n) is 1.76. The summed E-state index contributed by atoms with van der Waals surface area (Å²) in [5, 5.41) is 1.43. The molecule has 0 radical (unpaired) electrons. The van der Waals surface area contributed by atoms with Crippen molar-refractivity contribution in [3.63, 3.8) is 0 Å². The molecule has 10 heavy (non-hydrogen) atoms. The number of hydrogen-bond donors (Lipinski definition) is 1. The maximum absolute atomic E-state index is 5.82. The Morgan fingerprint density at radius 2 is 2.00 bits per heavy atom. The fourth-order valence-electron chi connectivity index (χ4n) is 1.23. The Hall–Kier alpha value is 0.660. The summed E-state index contributed by atoms with van der Waals surface area (Å²) < 4.78 is 0. The van der Waals surface area contributed by atoms with Crippen LogP contribution in [0, 0.1) is 0 Å². The van der Waals surface area contributed by atoms with Crippen LogP contribution >= 0.6 is 23.5 Å². The molecule has 3 atom stereocenters. The van der Waals surface area contributed by atoms with Gasteiger partial charge in [0.2, 0.25) is 0 Å². The zero-order chi connectivity index (χ0) is 7.56. The molecule has 1 heterocycles. The normalized spacial score (nSPS) is 37.5. The van der Waals surface area contributed by atoms with Gasteiger partial charge in [-0.2, -0.15) is 23.5 Å². The molecule has 2 unspecified atom stereocenters. The van der Waals surface area contributed by atoms with Crippen LogP contribution < -0.4 is 5.73 Å². The minimum atomic E-state index is 0.354. The van der Waals surface area contributed by atoms with Crippen LogP contribution in [0.25, 0.3) is 0 Å². The molecule has 0 saturated carbocycles. The lowest BCUT2D eigenvalue weighted by Gasteiger charge is -2.30. The Morgan fingerprint density at radius 1 is 1.40 bits per heavy atom. The van der Waals surface area contributed by atoms with E-state index in [-0.39, 0.29) is 0 Å². The predicted molar refractivity (Wildman–Crippen MR) is 51.8 cm³/mol. The Balaban J connectivity index is 2.40. The van der Waals surface area contributed by atoms with E-state index in [0.717, 1.165) is 5.25 Å². The monoisotopic (exact) mass is 177 g/mol. The van der Waals surface area contributed by atoms with Gasteiger partial charge >= 0.3 is 0 Å². The summed E-state index contributed by atoms with van der Waals surface area (Å²) >= 11 is 4.09. The molecule has 0 aromatic rings. The molecule has 1 aliphatic rings. The molecule has 1 aliphatic heterocycles. The summed E-state index contributed by atoms with van der Waals surface area (Å²) in [7, 11) is 0. The molecule has 0 bridgehead atoms. The van der Waals surface area contributed by atoms with Crippen molar-refractivity contribution in [2.24, 2.45) is 5.73 Å². The first kappa shape index (κ1) is 8.75. The van der Waals surface area contributed by atoms with Gasteiger partial charge in [-0.25, -0.2) is 0 Å². The predicted octanol–water partition coefficient (Wildman–Crippen LogP) is 1.57. The Bertz CT molecular complexity index is 106. The van der Waals surface area contributed by atoms with E-state index in [2.05, 4.69) is 25.6 Å². The van der Waals surface area contributed by atoms with Crippen LogP contribution in [0.2, 0.25) is 0 Å². The largest absolute Gasteiger partial charge is 0.327 e. The SMILES string of the molecule is CC1SCCSC1[C@@H](C)N. The number of nitrogens with two attached hydrogens (primary N) is 1. The maximum Gasteiger partial charge on any atom is 0.0312 e. The van der Waals surface area contributed by atoms with Crippen LogP contribution in [-0.4, -0.2) is 28.0 Å². The quantitative estimate of drug-likeness (QED) is 0.658. The van der Waals surface area contributed by atoms with E-state index in [4.69, 9.17) is 5.73 Å². The molecular weight excluding hydrogens is 162 g/mol. The van der Waals surface area contributed by atoms with Gasteiger partial charge < -0.3 is 5.73 Å². The van der Waals surface area contributed by atoms with Crippen molar-refractivity contribution in [1.82, 2.24) is 0 Å². The molecular formula is C7H15NS2. The summed E-state index contributed by atoms with van der Waals surface area (Å²) in [5.74, 6) is 2.58. The van der Waals surface area contributed by atoms with Gasteiger partial charge in [-0.05, 0) is 6.92 Å². The average molecular weight is 177 g/mol. The van der Waals surface area contributed by atoms with Crippen LogP contribution in [0.4, 0.5) is 0 Å². The van der Waals surface area contributed by atoms with E-state index >= 15 is 0 Å². The zero-order valence-electron chi connectivity index (χ0n) is 6.54. The molecule has 0 aromatic heterocycles. The number of rotatable bonds is 1. The minimum absolute atomic E-state index is 0.354. The van der Waals surface area contributed by atoms with Crippen molar-refractivity contribution in [2.75, 3.05) is 11.5 Å². The topological polar surface area (TPSA) is 26.0 Å². The van der Waals surface area contributed by atoms with Gasteiger partial charge in [0.05, 0.1) is 0 Å². The molecule has 1 fully saturated rings. The number of thioether (sulfide) groups is 2.